The molecule has 5 heteroatoms. The summed E-state index contributed by atoms with van der Waals surface area (Å²) in [5.74, 6) is 3.40. The van der Waals surface area contributed by atoms with Crippen LogP contribution < -0.4 is 9.47 Å². The first-order valence-corrected chi connectivity index (χ1v) is 8.48. The third-order valence-electron chi connectivity index (χ3n) is 4.11. The number of aliphatic hydroxyl groups is 1. The lowest BCUT2D eigenvalue weighted by atomic mass is 10.1. The van der Waals surface area contributed by atoms with Crippen molar-refractivity contribution in [3.63, 3.8) is 0 Å². The van der Waals surface area contributed by atoms with Crippen molar-refractivity contribution >= 4 is 0 Å². The van der Waals surface area contributed by atoms with Crippen molar-refractivity contribution in [3.05, 3.63) is 47.4 Å². The quantitative estimate of drug-likeness (QED) is 0.802. The fraction of sp³-hybridized carbons (Fsp3) is 0.474. The molecule has 1 aromatic heterocycles. The fourth-order valence-electron chi connectivity index (χ4n) is 3.00. The number of nitrogens with zero attached hydrogens (tertiary/aromatic N) is 1. The van der Waals surface area contributed by atoms with E-state index in [1.807, 2.05) is 37.3 Å². The maximum absolute atomic E-state index is 10.2. The Bertz CT molecular complexity index is 667. The first-order valence-electron chi connectivity index (χ1n) is 8.48. The molecule has 1 aromatic carbocycles. The van der Waals surface area contributed by atoms with Crippen molar-refractivity contribution in [2.45, 2.75) is 45.9 Å². The Balaban J connectivity index is 1.70. The van der Waals surface area contributed by atoms with E-state index in [2.05, 4.69) is 11.8 Å². The molecule has 5 nitrogen and oxygen atoms in total. The molecule has 0 amide bonds. The number of aliphatic hydroxyl groups excluding tert-OH is 1. The molecule has 0 saturated carbocycles. The summed E-state index contributed by atoms with van der Waals surface area (Å²) >= 11 is 0. The molecular formula is C19H25NO4. The van der Waals surface area contributed by atoms with Crippen molar-refractivity contribution in [1.29, 1.82) is 0 Å². The average molecular weight is 331 g/mol. The Kier molecular flexibility index (Phi) is 5.43. The molecule has 130 valence electrons. The second kappa shape index (κ2) is 7.73. The van der Waals surface area contributed by atoms with E-state index in [0.717, 1.165) is 48.0 Å². The van der Waals surface area contributed by atoms with Crippen molar-refractivity contribution in [1.82, 2.24) is 4.90 Å². The van der Waals surface area contributed by atoms with Crippen LogP contribution in [-0.4, -0.2) is 29.4 Å². The second-order valence-electron chi connectivity index (χ2n) is 6.31. The first kappa shape index (κ1) is 16.9. The first-order chi connectivity index (χ1) is 11.6. The maximum Gasteiger partial charge on any atom is 0.231 e. The van der Waals surface area contributed by atoms with Gasteiger partial charge in [0.1, 0.15) is 11.5 Å². The summed E-state index contributed by atoms with van der Waals surface area (Å²) in [4.78, 5) is 2.20. The molecule has 0 radical (unpaired) electrons. The Morgan fingerprint density at radius 2 is 1.96 bits per heavy atom. The molecule has 0 fully saturated rings. The van der Waals surface area contributed by atoms with Gasteiger partial charge in [-0.3, -0.25) is 4.90 Å². The largest absolute Gasteiger partial charge is 0.465 e. The molecule has 3 rings (SSSR count). The van der Waals surface area contributed by atoms with Gasteiger partial charge >= 0.3 is 0 Å². The number of hydrogen-bond acceptors (Lipinski definition) is 5. The molecule has 1 atom stereocenters. The van der Waals surface area contributed by atoms with Crippen LogP contribution in [0.1, 0.15) is 36.8 Å². The highest BCUT2D eigenvalue weighted by atomic mass is 16.7. The van der Waals surface area contributed by atoms with E-state index in [0.29, 0.717) is 13.1 Å². The van der Waals surface area contributed by atoms with Crippen molar-refractivity contribution in [3.8, 4) is 11.5 Å². The third kappa shape index (κ3) is 4.30. The normalized spacial score (nSPS) is 14.3. The highest BCUT2D eigenvalue weighted by Gasteiger charge is 2.17. The van der Waals surface area contributed by atoms with Crippen LogP contribution in [-0.2, 0) is 13.1 Å². The number of hydrogen-bond donors (Lipinski definition) is 1. The highest BCUT2D eigenvalue weighted by Crippen LogP contribution is 2.33. The number of benzene rings is 1. The van der Waals surface area contributed by atoms with Gasteiger partial charge in [0.15, 0.2) is 11.5 Å². The molecule has 1 aliphatic heterocycles. The second-order valence-corrected chi connectivity index (χ2v) is 6.31. The van der Waals surface area contributed by atoms with Gasteiger partial charge in [0.25, 0.3) is 0 Å². The Hall–Kier alpha value is -1.98. The summed E-state index contributed by atoms with van der Waals surface area (Å²) in [5, 5.41) is 10.2. The molecule has 24 heavy (non-hydrogen) atoms. The van der Waals surface area contributed by atoms with Gasteiger partial charge < -0.3 is 19.0 Å². The van der Waals surface area contributed by atoms with Crippen LogP contribution in [0.3, 0.4) is 0 Å². The minimum atomic E-state index is -0.333. The summed E-state index contributed by atoms with van der Waals surface area (Å²) in [6, 6.07) is 9.95. The SMILES string of the molecule is CCC[C@H](O)CN(Cc1ccc2c(c1)OCO2)Cc1ccc(C)o1. The number of furan rings is 1. The summed E-state index contributed by atoms with van der Waals surface area (Å²) in [7, 11) is 0. The topological polar surface area (TPSA) is 55.1 Å². The van der Waals surface area contributed by atoms with E-state index < -0.39 is 0 Å². The van der Waals surface area contributed by atoms with Crippen LogP contribution in [0.5, 0.6) is 11.5 Å². The Labute approximate surface area is 142 Å². The molecule has 2 aromatic rings. The van der Waals surface area contributed by atoms with Gasteiger partial charge in [0, 0.05) is 13.1 Å². The van der Waals surface area contributed by atoms with E-state index in [4.69, 9.17) is 13.9 Å². The van der Waals surface area contributed by atoms with Gasteiger partial charge in [0.05, 0.1) is 12.6 Å². The van der Waals surface area contributed by atoms with Gasteiger partial charge in [-0.15, -0.1) is 0 Å². The Morgan fingerprint density at radius 1 is 1.12 bits per heavy atom. The lowest BCUT2D eigenvalue weighted by Gasteiger charge is -2.24. The van der Waals surface area contributed by atoms with Crippen molar-refractivity contribution < 1.29 is 19.0 Å². The van der Waals surface area contributed by atoms with Crippen LogP contribution in [0.4, 0.5) is 0 Å². The fourth-order valence-corrected chi connectivity index (χ4v) is 3.00. The van der Waals surface area contributed by atoms with Crippen LogP contribution in [0.2, 0.25) is 0 Å². The van der Waals surface area contributed by atoms with Crippen LogP contribution in [0, 0.1) is 6.92 Å². The maximum atomic E-state index is 10.2. The van der Waals surface area contributed by atoms with Crippen LogP contribution in [0.15, 0.2) is 34.7 Å². The molecule has 2 heterocycles. The number of aryl methyl sites for hydroxylation is 1. The summed E-state index contributed by atoms with van der Waals surface area (Å²) < 4.78 is 16.5. The monoisotopic (exact) mass is 331 g/mol. The van der Waals surface area contributed by atoms with Crippen molar-refractivity contribution in [2.75, 3.05) is 13.3 Å². The van der Waals surface area contributed by atoms with E-state index in [9.17, 15) is 5.11 Å². The van der Waals surface area contributed by atoms with E-state index in [1.165, 1.54) is 0 Å². The van der Waals surface area contributed by atoms with Gasteiger partial charge in [-0.1, -0.05) is 19.4 Å². The van der Waals surface area contributed by atoms with Gasteiger partial charge in [-0.2, -0.15) is 0 Å². The minimum Gasteiger partial charge on any atom is -0.465 e. The molecule has 0 aliphatic carbocycles. The molecular weight excluding hydrogens is 306 g/mol. The van der Waals surface area contributed by atoms with Crippen molar-refractivity contribution in [2.24, 2.45) is 0 Å². The molecule has 0 bridgehead atoms. The predicted octanol–water partition coefficient (Wildman–Crippen LogP) is 3.48. The molecule has 0 spiro atoms. The van der Waals surface area contributed by atoms with Gasteiger partial charge in [-0.25, -0.2) is 0 Å². The van der Waals surface area contributed by atoms with Gasteiger partial charge in [-0.05, 0) is 43.2 Å². The predicted molar refractivity (Wildman–Crippen MR) is 91.0 cm³/mol. The zero-order valence-electron chi connectivity index (χ0n) is 14.3. The standard InChI is InChI=1S/C19H25NO4/c1-3-4-16(21)11-20(12-17-7-5-14(2)24-17)10-15-6-8-18-19(9-15)23-13-22-18/h5-9,16,21H,3-4,10-13H2,1-2H3/t16-/m0/s1. The zero-order valence-corrected chi connectivity index (χ0v) is 14.3. The molecule has 1 N–H and O–H groups in total. The lowest BCUT2D eigenvalue weighted by molar-refractivity contribution is 0.0930. The van der Waals surface area contributed by atoms with Gasteiger partial charge in [0.2, 0.25) is 6.79 Å². The lowest BCUT2D eigenvalue weighted by Crippen LogP contribution is -2.31. The third-order valence-corrected chi connectivity index (χ3v) is 4.11. The highest BCUT2D eigenvalue weighted by molar-refractivity contribution is 5.44. The molecule has 0 unspecified atom stereocenters. The minimum absolute atomic E-state index is 0.281. The zero-order chi connectivity index (χ0) is 16.9. The average Bonchev–Trinajstić information content (AvgIpc) is 3.15. The van der Waals surface area contributed by atoms with Crippen LogP contribution in [0.25, 0.3) is 0 Å². The summed E-state index contributed by atoms with van der Waals surface area (Å²) in [5.41, 5.74) is 1.13. The number of fused-ring (bicyclic) bond motifs is 1. The molecule has 1 aliphatic rings. The smallest absolute Gasteiger partial charge is 0.231 e. The number of rotatable bonds is 8. The summed E-state index contributed by atoms with van der Waals surface area (Å²) in [6.07, 6.45) is 1.44. The van der Waals surface area contributed by atoms with E-state index >= 15 is 0 Å². The Morgan fingerprint density at radius 3 is 2.71 bits per heavy atom. The summed E-state index contributed by atoms with van der Waals surface area (Å²) in [6.45, 7) is 6.31. The number of ether oxygens (including phenoxy) is 2. The van der Waals surface area contributed by atoms with E-state index in [-0.39, 0.29) is 12.9 Å². The van der Waals surface area contributed by atoms with Crippen LogP contribution >= 0.6 is 0 Å². The van der Waals surface area contributed by atoms with E-state index in [1.54, 1.807) is 0 Å². The molecule has 0 saturated heterocycles.